The molecule has 2 amide bonds. The molecule has 3 aliphatic heterocycles. The van der Waals surface area contributed by atoms with Gasteiger partial charge < -0.3 is 15.5 Å². The number of fused-ring (bicyclic) bond motifs is 1. The van der Waals surface area contributed by atoms with Gasteiger partial charge in [0.15, 0.2) is 0 Å². The first-order chi connectivity index (χ1) is 8.59. The van der Waals surface area contributed by atoms with Crippen LogP contribution in [0.1, 0.15) is 13.8 Å². The maximum atomic E-state index is 11.5. The lowest BCUT2D eigenvalue weighted by atomic mass is 9.85. The summed E-state index contributed by atoms with van der Waals surface area (Å²) in [5.41, 5.74) is 0.268. The topological polar surface area (TPSA) is 47.6 Å². The Bertz CT molecular complexity index is 344. The Labute approximate surface area is 109 Å². The molecule has 3 heterocycles. The molecule has 2 unspecified atom stereocenters. The Kier molecular flexibility index (Phi) is 2.98. The zero-order valence-corrected chi connectivity index (χ0v) is 11.4. The maximum Gasteiger partial charge on any atom is 0.317 e. The van der Waals surface area contributed by atoms with Gasteiger partial charge in [-0.1, -0.05) is 0 Å². The SMILES string of the molecule is CC1(C)C2CNCC2CN1CCN1CCNC1=O. The summed E-state index contributed by atoms with van der Waals surface area (Å²) >= 11 is 0. The highest BCUT2D eigenvalue weighted by Gasteiger charge is 2.49. The van der Waals surface area contributed by atoms with E-state index in [-0.39, 0.29) is 11.6 Å². The van der Waals surface area contributed by atoms with E-state index in [0.29, 0.717) is 0 Å². The fourth-order valence-corrected chi connectivity index (χ4v) is 3.85. The van der Waals surface area contributed by atoms with E-state index in [1.807, 2.05) is 4.90 Å². The average Bonchev–Trinajstić information content (AvgIpc) is 2.97. The molecule has 0 saturated carbocycles. The quantitative estimate of drug-likeness (QED) is 0.740. The third-order valence-electron chi connectivity index (χ3n) is 5.10. The molecule has 3 aliphatic rings. The first-order valence-corrected chi connectivity index (χ1v) is 7.07. The highest BCUT2D eigenvalue weighted by Crippen LogP contribution is 2.40. The Morgan fingerprint density at radius 1 is 1.33 bits per heavy atom. The van der Waals surface area contributed by atoms with Crippen molar-refractivity contribution in [2.75, 3.05) is 45.8 Å². The van der Waals surface area contributed by atoms with Crippen molar-refractivity contribution in [3.63, 3.8) is 0 Å². The second-order valence-electron chi connectivity index (χ2n) is 6.34. The standard InChI is InChI=1S/C13H24N4O/c1-13(2)11-8-14-7-10(11)9-17(13)6-5-16-4-3-15-12(16)18/h10-11,14H,3-9H2,1-2H3,(H,15,18). The minimum absolute atomic E-state index is 0.105. The molecule has 0 bridgehead atoms. The van der Waals surface area contributed by atoms with Gasteiger partial charge >= 0.3 is 6.03 Å². The molecule has 102 valence electrons. The van der Waals surface area contributed by atoms with E-state index in [2.05, 4.69) is 29.4 Å². The van der Waals surface area contributed by atoms with Crippen molar-refractivity contribution in [3.05, 3.63) is 0 Å². The molecule has 0 aliphatic carbocycles. The van der Waals surface area contributed by atoms with E-state index >= 15 is 0 Å². The van der Waals surface area contributed by atoms with Crippen LogP contribution in [0.15, 0.2) is 0 Å². The minimum atomic E-state index is 0.105. The van der Waals surface area contributed by atoms with Crippen LogP contribution in [-0.4, -0.2) is 67.2 Å². The van der Waals surface area contributed by atoms with Gasteiger partial charge in [-0.25, -0.2) is 4.79 Å². The van der Waals surface area contributed by atoms with Crippen molar-refractivity contribution < 1.29 is 4.79 Å². The summed E-state index contributed by atoms with van der Waals surface area (Å²) < 4.78 is 0. The summed E-state index contributed by atoms with van der Waals surface area (Å²) in [5, 5.41) is 6.37. The summed E-state index contributed by atoms with van der Waals surface area (Å²) in [6, 6.07) is 0.105. The molecule has 5 nitrogen and oxygen atoms in total. The zero-order valence-electron chi connectivity index (χ0n) is 11.4. The van der Waals surface area contributed by atoms with Crippen LogP contribution >= 0.6 is 0 Å². The van der Waals surface area contributed by atoms with Crippen molar-refractivity contribution in [3.8, 4) is 0 Å². The van der Waals surface area contributed by atoms with Crippen LogP contribution in [-0.2, 0) is 0 Å². The Morgan fingerprint density at radius 3 is 2.83 bits per heavy atom. The largest absolute Gasteiger partial charge is 0.336 e. The molecule has 5 heteroatoms. The van der Waals surface area contributed by atoms with Gasteiger partial charge in [0.05, 0.1) is 0 Å². The molecule has 0 aromatic carbocycles. The minimum Gasteiger partial charge on any atom is -0.336 e. The summed E-state index contributed by atoms with van der Waals surface area (Å²) in [7, 11) is 0. The van der Waals surface area contributed by atoms with Gasteiger partial charge in [-0.2, -0.15) is 0 Å². The molecular formula is C13H24N4O. The molecule has 18 heavy (non-hydrogen) atoms. The van der Waals surface area contributed by atoms with Crippen molar-refractivity contribution in [1.29, 1.82) is 0 Å². The van der Waals surface area contributed by atoms with Crippen LogP contribution in [0.4, 0.5) is 4.79 Å². The van der Waals surface area contributed by atoms with E-state index in [1.165, 1.54) is 6.54 Å². The number of carbonyl (C=O) groups is 1. The smallest absolute Gasteiger partial charge is 0.317 e. The predicted octanol–water partition coefficient (Wildman–Crippen LogP) is -0.0586. The highest BCUT2D eigenvalue weighted by molar-refractivity contribution is 5.76. The van der Waals surface area contributed by atoms with Crippen molar-refractivity contribution in [2.24, 2.45) is 11.8 Å². The predicted molar refractivity (Wildman–Crippen MR) is 70.5 cm³/mol. The van der Waals surface area contributed by atoms with Crippen molar-refractivity contribution >= 4 is 6.03 Å². The molecule has 0 radical (unpaired) electrons. The first kappa shape index (κ1) is 12.2. The molecule has 3 fully saturated rings. The van der Waals surface area contributed by atoms with Crippen molar-refractivity contribution in [1.82, 2.24) is 20.4 Å². The van der Waals surface area contributed by atoms with Crippen LogP contribution in [0.3, 0.4) is 0 Å². The first-order valence-electron chi connectivity index (χ1n) is 7.07. The monoisotopic (exact) mass is 252 g/mol. The number of hydrogen-bond donors (Lipinski definition) is 2. The number of nitrogens with zero attached hydrogens (tertiary/aromatic N) is 2. The second-order valence-corrected chi connectivity index (χ2v) is 6.34. The zero-order chi connectivity index (χ0) is 12.8. The van der Waals surface area contributed by atoms with Gasteiger partial charge in [0, 0.05) is 44.8 Å². The fourth-order valence-electron chi connectivity index (χ4n) is 3.85. The normalized spacial score (nSPS) is 35.0. The fraction of sp³-hybridized carbons (Fsp3) is 0.923. The molecule has 3 saturated heterocycles. The Morgan fingerprint density at radius 2 is 2.17 bits per heavy atom. The average molecular weight is 252 g/mol. The molecule has 0 aromatic heterocycles. The third kappa shape index (κ3) is 1.89. The summed E-state index contributed by atoms with van der Waals surface area (Å²) in [6.45, 7) is 11.7. The summed E-state index contributed by atoms with van der Waals surface area (Å²) in [6.07, 6.45) is 0. The summed E-state index contributed by atoms with van der Waals surface area (Å²) in [5.74, 6) is 1.57. The van der Waals surface area contributed by atoms with Gasteiger partial charge in [0.2, 0.25) is 0 Å². The molecule has 0 aromatic rings. The third-order valence-corrected chi connectivity index (χ3v) is 5.10. The Hall–Kier alpha value is -0.810. The molecule has 2 N–H and O–H groups in total. The molecule has 3 rings (SSSR count). The van der Waals surface area contributed by atoms with Crippen LogP contribution in [0.5, 0.6) is 0 Å². The number of amides is 2. The summed E-state index contributed by atoms with van der Waals surface area (Å²) in [4.78, 5) is 16.0. The number of carbonyl (C=O) groups excluding carboxylic acids is 1. The van der Waals surface area contributed by atoms with Crippen LogP contribution < -0.4 is 10.6 Å². The molecule has 0 spiro atoms. The lowest BCUT2D eigenvalue weighted by molar-refractivity contribution is 0.127. The number of rotatable bonds is 3. The highest BCUT2D eigenvalue weighted by atomic mass is 16.2. The van der Waals surface area contributed by atoms with E-state index < -0.39 is 0 Å². The maximum absolute atomic E-state index is 11.5. The van der Waals surface area contributed by atoms with Crippen LogP contribution in [0.25, 0.3) is 0 Å². The number of likely N-dealkylation sites (tertiary alicyclic amines) is 1. The van der Waals surface area contributed by atoms with E-state index in [0.717, 1.165) is 51.1 Å². The van der Waals surface area contributed by atoms with E-state index in [4.69, 9.17) is 0 Å². The lowest BCUT2D eigenvalue weighted by Gasteiger charge is -2.36. The van der Waals surface area contributed by atoms with Crippen LogP contribution in [0, 0.1) is 11.8 Å². The number of nitrogens with one attached hydrogen (secondary N) is 2. The van der Waals surface area contributed by atoms with E-state index in [9.17, 15) is 4.79 Å². The second kappa shape index (κ2) is 4.38. The van der Waals surface area contributed by atoms with Gasteiger partial charge in [-0.05, 0) is 32.2 Å². The number of urea groups is 1. The van der Waals surface area contributed by atoms with Crippen molar-refractivity contribution in [2.45, 2.75) is 19.4 Å². The van der Waals surface area contributed by atoms with Gasteiger partial charge in [0.1, 0.15) is 0 Å². The van der Waals surface area contributed by atoms with Gasteiger partial charge in [-0.15, -0.1) is 0 Å². The van der Waals surface area contributed by atoms with Gasteiger partial charge in [-0.3, -0.25) is 4.90 Å². The molecule has 2 atom stereocenters. The number of hydrogen-bond acceptors (Lipinski definition) is 3. The van der Waals surface area contributed by atoms with Gasteiger partial charge in [0.25, 0.3) is 0 Å². The molecular weight excluding hydrogens is 228 g/mol. The van der Waals surface area contributed by atoms with Crippen LogP contribution in [0.2, 0.25) is 0 Å². The Balaban J connectivity index is 1.58. The lowest BCUT2D eigenvalue weighted by Crippen LogP contribution is -2.47. The van der Waals surface area contributed by atoms with E-state index in [1.54, 1.807) is 0 Å².